The van der Waals surface area contributed by atoms with Crippen LogP contribution in [0.5, 0.6) is 11.5 Å². The van der Waals surface area contributed by atoms with Gasteiger partial charge in [0.1, 0.15) is 6.54 Å². The molecule has 1 fully saturated rings. The molecule has 2 aromatic rings. The first-order valence-corrected chi connectivity index (χ1v) is 10.7. The Morgan fingerprint density at radius 2 is 1.76 bits per heavy atom. The fourth-order valence-corrected chi connectivity index (χ4v) is 4.45. The highest BCUT2D eigenvalue weighted by Crippen LogP contribution is 2.27. The van der Waals surface area contributed by atoms with Crippen LogP contribution in [0.3, 0.4) is 0 Å². The maximum absolute atomic E-state index is 12.5. The summed E-state index contributed by atoms with van der Waals surface area (Å²) in [5.74, 6) is 1.61. The third-order valence-electron chi connectivity index (χ3n) is 5.31. The van der Waals surface area contributed by atoms with Crippen molar-refractivity contribution in [2.75, 3.05) is 40.4 Å². The Labute approximate surface area is 176 Å². The minimum atomic E-state index is 0.0640. The molecule has 1 saturated heterocycles. The predicted molar refractivity (Wildman–Crippen MR) is 113 cm³/mol. The maximum atomic E-state index is 12.5. The Hall–Kier alpha value is -2.38. The van der Waals surface area contributed by atoms with Gasteiger partial charge in [-0.3, -0.25) is 9.59 Å². The van der Waals surface area contributed by atoms with E-state index in [2.05, 4.69) is 6.07 Å². The van der Waals surface area contributed by atoms with Crippen molar-refractivity contribution >= 4 is 23.0 Å². The number of hydrogen-bond donors (Lipinski definition) is 1. The smallest absolute Gasteiger partial charge is 0.223 e. The second-order valence-electron chi connectivity index (χ2n) is 7.33. The highest BCUT2D eigenvalue weighted by Gasteiger charge is 2.24. The van der Waals surface area contributed by atoms with Crippen LogP contribution in [-0.2, 0) is 11.3 Å². The summed E-state index contributed by atoms with van der Waals surface area (Å²) < 4.78 is 10.7. The highest BCUT2D eigenvalue weighted by molar-refractivity contribution is 7.14. The van der Waals surface area contributed by atoms with Crippen LogP contribution in [0.25, 0.3) is 0 Å². The average molecular weight is 418 g/mol. The topological polar surface area (TPSA) is 60.3 Å². The van der Waals surface area contributed by atoms with Crippen LogP contribution in [0.2, 0.25) is 0 Å². The van der Waals surface area contributed by atoms with Crippen molar-refractivity contribution in [2.24, 2.45) is 0 Å². The molecule has 0 unspecified atom stereocenters. The maximum Gasteiger partial charge on any atom is 0.223 e. The van der Waals surface area contributed by atoms with Gasteiger partial charge >= 0.3 is 0 Å². The van der Waals surface area contributed by atoms with Crippen molar-refractivity contribution in [3.63, 3.8) is 0 Å². The highest BCUT2D eigenvalue weighted by atomic mass is 32.1. The van der Waals surface area contributed by atoms with Crippen LogP contribution in [-0.4, -0.2) is 57.0 Å². The molecule has 3 rings (SSSR count). The number of carbonyl (C=O) groups is 2. The number of nitrogens with zero attached hydrogens (tertiary/aromatic N) is 1. The third-order valence-corrected chi connectivity index (χ3v) is 6.35. The number of Topliss-reactive ketones (excluding diaryl/α,β-unsaturated/α-hetero) is 1. The van der Waals surface area contributed by atoms with Gasteiger partial charge in [-0.05, 0) is 37.3 Å². The van der Waals surface area contributed by atoms with Gasteiger partial charge in [0.15, 0.2) is 17.3 Å². The van der Waals surface area contributed by atoms with Gasteiger partial charge in [0, 0.05) is 23.3 Å². The van der Waals surface area contributed by atoms with Crippen LogP contribution in [0, 0.1) is 6.92 Å². The predicted octanol–water partition coefficient (Wildman–Crippen LogP) is 1.96. The number of hydrogen-bond acceptors (Lipinski definition) is 5. The summed E-state index contributed by atoms with van der Waals surface area (Å²) in [7, 11) is 3.28. The molecule has 1 aliphatic heterocycles. The molecule has 0 atom stereocenters. The lowest BCUT2D eigenvalue weighted by molar-refractivity contribution is -0.917. The quantitative estimate of drug-likeness (QED) is 0.667. The first-order valence-electron chi connectivity index (χ1n) is 9.92. The average Bonchev–Trinajstić information content (AvgIpc) is 3.18. The number of benzene rings is 1. The van der Waals surface area contributed by atoms with E-state index in [4.69, 9.17) is 9.47 Å². The van der Waals surface area contributed by atoms with Crippen molar-refractivity contribution < 1.29 is 24.0 Å². The summed E-state index contributed by atoms with van der Waals surface area (Å²) in [5, 5.41) is 0. The largest absolute Gasteiger partial charge is 0.493 e. The molecule has 156 valence electrons. The molecule has 1 aliphatic rings. The lowest BCUT2D eigenvalue weighted by Gasteiger charge is -2.32. The number of piperazine rings is 1. The molecule has 6 nitrogen and oxygen atoms in total. The summed E-state index contributed by atoms with van der Waals surface area (Å²) in [6.45, 7) is 6.13. The summed E-state index contributed by atoms with van der Waals surface area (Å²) >= 11 is 1.49. The molecular formula is C22H29N2O4S+. The molecule has 1 aromatic carbocycles. The standard InChI is InChI=1S/C22H28N2O4S/c1-16-4-8-21(29-16)18(25)6-9-22(26)24-12-10-23(11-13-24)15-17-5-7-19(27-2)20(14-17)28-3/h4-5,7-8,14H,6,9-13,15H2,1-3H3/p+1. The molecule has 0 saturated carbocycles. The lowest BCUT2D eigenvalue weighted by atomic mass is 10.1. The molecule has 0 aliphatic carbocycles. The van der Waals surface area contributed by atoms with Gasteiger partial charge in [0.25, 0.3) is 0 Å². The Bertz CT molecular complexity index is 856. The first-order chi connectivity index (χ1) is 14.0. The number of ether oxygens (including phenoxy) is 2. The van der Waals surface area contributed by atoms with Gasteiger partial charge in [0.05, 0.1) is 45.3 Å². The Kier molecular flexibility index (Phi) is 7.28. The molecule has 0 spiro atoms. The second kappa shape index (κ2) is 9.89. The molecule has 2 heterocycles. The summed E-state index contributed by atoms with van der Waals surface area (Å²) in [6.07, 6.45) is 0.582. The molecular weight excluding hydrogens is 388 g/mol. The van der Waals surface area contributed by atoms with E-state index >= 15 is 0 Å². The number of quaternary nitrogens is 1. The number of ketones is 1. The Balaban J connectivity index is 1.45. The van der Waals surface area contributed by atoms with E-state index in [9.17, 15) is 9.59 Å². The Morgan fingerprint density at radius 1 is 1.03 bits per heavy atom. The zero-order chi connectivity index (χ0) is 20.8. The molecule has 1 N–H and O–H groups in total. The van der Waals surface area contributed by atoms with Gasteiger partial charge in [-0.25, -0.2) is 0 Å². The number of rotatable bonds is 8. The van der Waals surface area contributed by atoms with Gasteiger partial charge in [-0.1, -0.05) is 0 Å². The number of methoxy groups -OCH3 is 2. The normalized spacial score (nSPS) is 14.7. The summed E-state index contributed by atoms with van der Waals surface area (Å²) in [5.41, 5.74) is 1.19. The van der Waals surface area contributed by atoms with Gasteiger partial charge < -0.3 is 19.3 Å². The van der Waals surface area contributed by atoms with Gasteiger partial charge in [0.2, 0.25) is 5.91 Å². The van der Waals surface area contributed by atoms with Crippen LogP contribution in [0.4, 0.5) is 0 Å². The van der Waals surface area contributed by atoms with Crippen molar-refractivity contribution in [2.45, 2.75) is 26.3 Å². The number of thiophene rings is 1. The monoisotopic (exact) mass is 417 g/mol. The van der Waals surface area contributed by atoms with Crippen molar-refractivity contribution in [1.82, 2.24) is 4.90 Å². The van der Waals surface area contributed by atoms with E-state index in [-0.39, 0.29) is 18.1 Å². The number of amides is 1. The minimum absolute atomic E-state index is 0.0640. The van der Waals surface area contributed by atoms with Crippen LogP contribution in [0.15, 0.2) is 30.3 Å². The summed E-state index contributed by atoms with van der Waals surface area (Å²) in [6, 6.07) is 9.80. The van der Waals surface area contributed by atoms with E-state index < -0.39 is 0 Å². The minimum Gasteiger partial charge on any atom is -0.493 e. The van der Waals surface area contributed by atoms with Gasteiger partial charge in [-0.15, -0.1) is 11.3 Å². The first kappa shape index (κ1) is 21.3. The van der Waals surface area contributed by atoms with Crippen molar-refractivity contribution in [3.8, 4) is 11.5 Å². The van der Waals surface area contributed by atoms with E-state index in [1.54, 1.807) is 14.2 Å². The lowest BCUT2D eigenvalue weighted by Crippen LogP contribution is -3.13. The molecule has 29 heavy (non-hydrogen) atoms. The number of nitrogens with one attached hydrogen (secondary N) is 1. The SMILES string of the molecule is COc1ccc(C[NH+]2CCN(C(=O)CCC(=O)c3ccc(C)s3)CC2)cc1OC. The zero-order valence-electron chi connectivity index (χ0n) is 17.3. The van der Waals surface area contributed by atoms with E-state index in [0.29, 0.717) is 6.42 Å². The Morgan fingerprint density at radius 3 is 2.38 bits per heavy atom. The van der Waals surface area contributed by atoms with Crippen molar-refractivity contribution in [3.05, 3.63) is 45.6 Å². The van der Waals surface area contributed by atoms with E-state index in [1.165, 1.54) is 21.8 Å². The van der Waals surface area contributed by atoms with Gasteiger partial charge in [-0.2, -0.15) is 0 Å². The fourth-order valence-electron chi connectivity index (χ4n) is 3.61. The van der Waals surface area contributed by atoms with E-state index in [1.807, 2.05) is 36.1 Å². The van der Waals surface area contributed by atoms with Crippen LogP contribution < -0.4 is 14.4 Å². The summed E-state index contributed by atoms with van der Waals surface area (Å²) in [4.78, 5) is 29.9. The fraction of sp³-hybridized carbons (Fsp3) is 0.455. The molecule has 1 amide bonds. The van der Waals surface area contributed by atoms with Crippen LogP contribution in [0.1, 0.15) is 33.0 Å². The van der Waals surface area contributed by atoms with E-state index in [0.717, 1.165) is 54.0 Å². The molecule has 1 aromatic heterocycles. The number of aryl methyl sites for hydroxylation is 1. The van der Waals surface area contributed by atoms with Crippen molar-refractivity contribution in [1.29, 1.82) is 0 Å². The molecule has 0 radical (unpaired) electrons. The molecule has 0 bridgehead atoms. The van der Waals surface area contributed by atoms with Crippen LogP contribution >= 0.6 is 11.3 Å². The third kappa shape index (κ3) is 5.58. The molecule has 7 heteroatoms. The number of carbonyl (C=O) groups excluding carboxylic acids is 2. The second-order valence-corrected chi connectivity index (χ2v) is 8.62. The zero-order valence-corrected chi connectivity index (χ0v) is 18.1.